The fourth-order valence-corrected chi connectivity index (χ4v) is 2.18. The topological polar surface area (TPSA) is 61.4 Å². The molecular weight excluding hydrogens is 266 g/mol. The Kier molecular flexibility index (Phi) is 4.83. The third kappa shape index (κ3) is 4.48. The maximum atomic E-state index is 11.8. The molecule has 2 rings (SSSR count). The number of benzene rings is 1. The second kappa shape index (κ2) is 6.61. The van der Waals surface area contributed by atoms with Crippen molar-refractivity contribution >= 4 is 23.2 Å². The first-order valence-corrected chi connectivity index (χ1v) is 7.32. The highest BCUT2D eigenvalue weighted by atomic mass is 16.2. The van der Waals surface area contributed by atoms with E-state index < -0.39 is 0 Å². The first-order valence-electron chi connectivity index (χ1n) is 7.32. The molecule has 0 saturated heterocycles. The molecule has 1 saturated carbocycles. The van der Waals surface area contributed by atoms with E-state index in [1.165, 1.54) is 0 Å². The summed E-state index contributed by atoms with van der Waals surface area (Å²) in [5, 5.41) is 5.64. The quantitative estimate of drug-likeness (QED) is 0.840. The summed E-state index contributed by atoms with van der Waals surface area (Å²) in [6, 6.07) is 7.65. The van der Waals surface area contributed by atoms with Crippen LogP contribution in [0.2, 0.25) is 0 Å². The van der Waals surface area contributed by atoms with Crippen molar-refractivity contribution in [2.24, 2.45) is 11.8 Å². The van der Waals surface area contributed by atoms with Crippen molar-refractivity contribution in [2.75, 3.05) is 30.9 Å². The second-order valence-corrected chi connectivity index (χ2v) is 5.85. The fraction of sp³-hybridized carbons (Fsp3) is 0.500. The maximum absolute atomic E-state index is 11.8. The van der Waals surface area contributed by atoms with E-state index in [4.69, 9.17) is 0 Å². The molecule has 2 unspecified atom stereocenters. The zero-order chi connectivity index (χ0) is 15.4. The van der Waals surface area contributed by atoms with Gasteiger partial charge >= 0.3 is 0 Å². The first kappa shape index (κ1) is 15.4. The molecule has 5 nitrogen and oxygen atoms in total. The SMILES string of the molecule is CC1CC1C(=O)NCCC(=O)Nc1ccc(N(C)C)cc1. The summed E-state index contributed by atoms with van der Waals surface area (Å²) in [5.41, 5.74) is 1.85. The molecule has 1 aliphatic carbocycles. The lowest BCUT2D eigenvalue weighted by Crippen LogP contribution is -2.29. The Balaban J connectivity index is 1.70. The zero-order valence-corrected chi connectivity index (χ0v) is 12.8. The molecule has 2 N–H and O–H groups in total. The summed E-state index contributed by atoms with van der Waals surface area (Å²) in [7, 11) is 3.94. The Morgan fingerprint density at radius 2 is 1.86 bits per heavy atom. The monoisotopic (exact) mass is 289 g/mol. The summed E-state index contributed by atoms with van der Waals surface area (Å²) in [4.78, 5) is 25.4. The molecule has 114 valence electrons. The van der Waals surface area contributed by atoms with Crippen molar-refractivity contribution in [2.45, 2.75) is 19.8 Å². The van der Waals surface area contributed by atoms with Crippen molar-refractivity contribution in [3.05, 3.63) is 24.3 Å². The molecule has 0 radical (unpaired) electrons. The standard InChI is InChI=1S/C16H23N3O2/c1-11-10-14(11)16(21)17-9-8-15(20)18-12-4-6-13(7-5-12)19(2)3/h4-7,11,14H,8-10H2,1-3H3,(H,17,21)(H,18,20). The van der Waals surface area contributed by atoms with Gasteiger partial charge in [-0.2, -0.15) is 0 Å². The third-order valence-corrected chi connectivity index (χ3v) is 3.76. The Labute approximate surface area is 125 Å². The van der Waals surface area contributed by atoms with Crippen LogP contribution in [0.1, 0.15) is 19.8 Å². The lowest BCUT2D eigenvalue weighted by Gasteiger charge is -2.13. The van der Waals surface area contributed by atoms with Gasteiger partial charge in [0.05, 0.1) is 0 Å². The number of hydrogen-bond donors (Lipinski definition) is 2. The number of nitrogens with one attached hydrogen (secondary N) is 2. The Bertz CT molecular complexity index is 511. The number of anilines is 2. The lowest BCUT2D eigenvalue weighted by molar-refractivity contribution is -0.122. The Hall–Kier alpha value is -2.04. The minimum absolute atomic E-state index is 0.0747. The lowest BCUT2D eigenvalue weighted by atomic mass is 10.2. The molecule has 0 heterocycles. The van der Waals surface area contributed by atoms with Crippen LogP contribution in [0.3, 0.4) is 0 Å². The zero-order valence-electron chi connectivity index (χ0n) is 12.8. The first-order chi connectivity index (χ1) is 9.97. The van der Waals surface area contributed by atoms with Gasteiger partial charge < -0.3 is 15.5 Å². The summed E-state index contributed by atoms with van der Waals surface area (Å²) in [5.74, 6) is 0.642. The number of rotatable bonds is 6. The van der Waals surface area contributed by atoms with Crippen molar-refractivity contribution in [3.8, 4) is 0 Å². The largest absolute Gasteiger partial charge is 0.378 e. The summed E-state index contributed by atoms with van der Waals surface area (Å²) in [6.45, 7) is 2.46. The number of nitrogens with zero attached hydrogens (tertiary/aromatic N) is 1. The molecule has 0 aromatic heterocycles. The summed E-state index contributed by atoms with van der Waals surface area (Å²) >= 11 is 0. The van der Waals surface area contributed by atoms with E-state index in [1.807, 2.05) is 43.3 Å². The van der Waals surface area contributed by atoms with Gasteiger partial charge in [-0.15, -0.1) is 0 Å². The number of amides is 2. The number of hydrogen-bond acceptors (Lipinski definition) is 3. The molecule has 1 fully saturated rings. The van der Waals surface area contributed by atoms with E-state index in [9.17, 15) is 9.59 Å². The van der Waals surface area contributed by atoms with Crippen molar-refractivity contribution in [3.63, 3.8) is 0 Å². The Morgan fingerprint density at radius 3 is 2.38 bits per heavy atom. The van der Waals surface area contributed by atoms with Crippen LogP contribution in [0.5, 0.6) is 0 Å². The molecule has 21 heavy (non-hydrogen) atoms. The minimum atomic E-state index is -0.0863. The van der Waals surface area contributed by atoms with E-state index in [0.717, 1.165) is 17.8 Å². The highest BCUT2D eigenvalue weighted by Crippen LogP contribution is 2.37. The normalized spacial score (nSPS) is 19.8. The van der Waals surface area contributed by atoms with Crippen molar-refractivity contribution in [1.82, 2.24) is 5.32 Å². The van der Waals surface area contributed by atoms with Crippen LogP contribution in [0.15, 0.2) is 24.3 Å². The minimum Gasteiger partial charge on any atom is -0.378 e. The average Bonchev–Trinajstić information content (AvgIpc) is 3.16. The summed E-state index contributed by atoms with van der Waals surface area (Å²) in [6.07, 6.45) is 1.26. The molecular formula is C16H23N3O2. The van der Waals surface area contributed by atoms with Gasteiger partial charge in [-0.05, 0) is 36.6 Å². The predicted molar refractivity (Wildman–Crippen MR) is 84.3 cm³/mol. The van der Waals surface area contributed by atoms with E-state index in [2.05, 4.69) is 17.6 Å². The third-order valence-electron chi connectivity index (χ3n) is 3.76. The van der Waals surface area contributed by atoms with Crippen LogP contribution in [-0.2, 0) is 9.59 Å². The predicted octanol–water partition coefficient (Wildman–Crippen LogP) is 1.85. The van der Waals surface area contributed by atoms with Crippen LogP contribution in [0.4, 0.5) is 11.4 Å². The molecule has 1 aliphatic rings. The Morgan fingerprint density at radius 1 is 1.24 bits per heavy atom. The molecule has 1 aromatic carbocycles. The molecule has 5 heteroatoms. The molecule has 1 aromatic rings. The fourth-order valence-electron chi connectivity index (χ4n) is 2.18. The van der Waals surface area contributed by atoms with Crippen LogP contribution in [0, 0.1) is 11.8 Å². The highest BCUT2D eigenvalue weighted by Gasteiger charge is 2.38. The van der Waals surface area contributed by atoms with Gasteiger partial charge in [0.25, 0.3) is 0 Å². The van der Waals surface area contributed by atoms with Crippen LogP contribution in [-0.4, -0.2) is 32.5 Å². The number of carbonyl (C=O) groups excluding carboxylic acids is 2. The van der Waals surface area contributed by atoms with E-state index in [-0.39, 0.29) is 17.7 Å². The van der Waals surface area contributed by atoms with Crippen molar-refractivity contribution in [1.29, 1.82) is 0 Å². The molecule has 2 amide bonds. The molecule has 0 bridgehead atoms. The van der Waals surface area contributed by atoms with E-state index in [0.29, 0.717) is 18.9 Å². The van der Waals surface area contributed by atoms with Gasteiger partial charge in [-0.25, -0.2) is 0 Å². The smallest absolute Gasteiger partial charge is 0.226 e. The number of carbonyl (C=O) groups is 2. The van der Waals surface area contributed by atoms with Gasteiger partial charge in [0.2, 0.25) is 11.8 Å². The van der Waals surface area contributed by atoms with E-state index in [1.54, 1.807) is 0 Å². The van der Waals surface area contributed by atoms with Gasteiger partial charge in [0.15, 0.2) is 0 Å². The average molecular weight is 289 g/mol. The van der Waals surface area contributed by atoms with Crippen LogP contribution >= 0.6 is 0 Å². The molecule has 0 aliphatic heterocycles. The van der Waals surface area contributed by atoms with Gasteiger partial charge in [0, 0.05) is 44.4 Å². The van der Waals surface area contributed by atoms with Crippen molar-refractivity contribution < 1.29 is 9.59 Å². The second-order valence-electron chi connectivity index (χ2n) is 5.85. The van der Waals surface area contributed by atoms with Gasteiger partial charge in [-0.1, -0.05) is 6.92 Å². The molecule has 2 atom stereocenters. The highest BCUT2D eigenvalue weighted by molar-refractivity contribution is 5.91. The van der Waals surface area contributed by atoms with Gasteiger partial charge in [0.1, 0.15) is 0 Å². The van der Waals surface area contributed by atoms with Crippen LogP contribution in [0.25, 0.3) is 0 Å². The molecule has 0 spiro atoms. The van der Waals surface area contributed by atoms with Crippen LogP contribution < -0.4 is 15.5 Å². The van der Waals surface area contributed by atoms with Gasteiger partial charge in [-0.3, -0.25) is 9.59 Å². The maximum Gasteiger partial charge on any atom is 0.226 e. The summed E-state index contributed by atoms with van der Waals surface area (Å²) < 4.78 is 0. The van der Waals surface area contributed by atoms with E-state index >= 15 is 0 Å².